The molecule has 1 aromatic carbocycles. The Morgan fingerprint density at radius 1 is 1.29 bits per heavy atom. The zero-order valence-corrected chi connectivity index (χ0v) is 13.7. The summed E-state index contributed by atoms with van der Waals surface area (Å²) in [6, 6.07) is 3.62. The number of benzene rings is 1. The molecule has 8 heteroatoms. The summed E-state index contributed by atoms with van der Waals surface area (Å²) in [5.74, 6) is 1.54. The van der Waals surface area contributed by atoms with E-state index in [9.17, 15) is 0 Å². The van der Waals surface area contributed by atoms with Gasteiger partial charge in [-0.15, -0.1) is 0 Å². The minimum atomic E-state index is -0.181. The molecule has 24 heavy (non-hydrogen) atoms. The standard InChI is InChI=1S/C16H22N6O2/c1-23-13-8-11-12(19-10-20-15(11)21-16(17)18)9-14(13)24-7-6-22-4-2-3-5-22/h8-10H,2-7H2,1H3,(H4,17,18,19,20,21). The largest absolute Gasteiger partial charge is 0.493 e. The van der Waals surface area contributed by atoms with E-state index in [0.717, 1.165) is 25.0 Å². The van der Waals surface area contributed by atoms with Crippen LogP contribution in [0.2, 0.25) is 0 Å². The van der Waals surface area contributed by atoms with Crippen molar-refractivity contribution in [2.45, 2.75) is 12.8 Å². The average Bonchev–Trinajstić information content (AvgIpc) is 3.07. The fourth-order valence-corrected chi connectivity index (χ4v) is 2.85. The first-order valence-electron chi connectivity index (χ1n) is 7.96. The molecule has 3 rings (SSSR count). The van der Waals surface area contributed by atoms with Gasteiger partial charge in [-0.2, -0.15) is 0 Å². The van der Waals surface area contributed by atoms with Crippen LogP contribution >= 0.6 is 0 Å². The smallest absolute Gasteiger partial charge is 0.191 e. The molecule has 4 N–H and O–H groups in total. The van der Waals surface area contributed by atoms with E-state index in [4.69, 9.17) is 20.6 Å². The lowest BCUT2D eigenvalue weighted by Crippen LogP contribution is -2.25. The molecule has 0 bridgehead atoms. The Morgan fingerprint density at radius 3 is 2.79 bits per heavy atom. The first-order chi connectivity index (χ1) is 11.7. The second-order valence-corrected chi connectivity index (χ2v) is 5.68. The number of ether oxygens (including phenoxy) is 2. The summed E-state index contributed by atoms with van der Waals surface area (Å²) in [6.07, 6.45) is 3.96. The molecule has 1 fully saturated rings. The second-order valence-electron chi connectivity index (χ2n) is 5.68. The number of hydrogen-bond acceptors (Lipinski definition) is 6. The van der Waals surface area contributed by atoms with Crippen molar-refractivity contribution in [2.24, 2.45) is 5.73 Å². The highest BCUT2D eigenvalue weighted by Crippen LogP contribution is 2.33. The van der Waals surface area contributed by atoms with E-state index in [1.165, 1.54) is 19.2 Å². The average molecular weight is 330 g/mol. The predicted molar refractivity (Wildman–Crippen MR) is 92.8 cm³/mol. The third-order valence-corrected chi connectivity index (χ3v) is 4.04. The van der Waals surface area contributed by atoms with Gasteiger partial charge >= 0.3 is 0 Å². The molecule has 8 nitrogen and oxygen atoms in total. The lowest BCUT2D eigenvalue weighted by atomic mass is 10.2. The van der Waals surface area contributed by atoms with Crippen LogP contribution in [0.4, 0.5) is 5.82 Å². The Labute approximate surface area is 140 Å². The number of guanidine groups is 1. The van der Waals surface area contributed by atoms with Crippen molar-refractivity contribution in [3.63, 3.8) is 0 Å². The summed E-state index contributed by atoms with van der Waals surface area (Å²) in [6.45, 7) is 3.80. The third kappa shape index (κ3) is 3.65. The maximum atomic E-state index is 7.37. The van der Waals surface area contributed by atoms with Crippen LogP contribution in [-0.2, 0) is 0 Å². The number of nitrogens with one attached hydrogen (secondary N) is 2. The topological polar surface area (TPSA) is 109 Å². The SMILES string of the molecule is COc1cc2c(NC(=N)N)ncnc2cc1OCCN1CCCC1. The number of likely N-dealkylation sites (tertiary alicyclic amines) is 1. The van der Waals surface area contributed by atoms with Gasteiger partial charge < -0.3 is 20.5 Å². The molecule has 1 aliphatic heterocycles. The summed E-state index contributed by atoms with van der Waals surface area (Å²) in [5, 5.41) is 10.8. The van der Waals surface area contributed by atoms with Crippen LogP contribution in [0.1, 0.15) is 12.8 Å². The molecule has 0 saturated carbocycles. The summed E-state index contributed by atoms with van der Waals surface area (Å²) in [4.78, 5) is 10.8. The van der Waals surface area contributed by atoms with Crippen molar-refractivity contribution in [3.05, 3.63) is 18.5 Å². The Morgan fingerprint density at radius 2 is 2.08 bits per heavy atom. The molecule has 0 aliphatic carbocycles. The molecule has 0 amide bonds. The van der Waals surface area contributed by atoms with E-state index in [0.29, 0.717) is 29.4 Å². The van der Waals surface area contributed by atoms with Crippen molar-refractivity contribution < 1.29 is 9.47 Å². The monoisotopic (exact) mass is 330 g/mol. The zero-order chi connectivity index (χ0) is 16.9. The fraction of sp³-hybridized carbons (Fsp3) is 0.438. The van der Waals surface area contributed by atoms with Crippen LogP contribution in [0, 0.1) is 5.41 Å². The van der Waals surface area contributed by atoms with Gasteiger partial charge in [0.2, 0.25) is 0 Å². The van der Waals surface area contributed by atoms with Crippen LogP contribution in [0.15, 0.2) is 18.5 Å². The molecular weight excluding hydrogens is 308 g/mol. The van der Waals surface area contributed by atoms with Gasteiger partial charge in [-0.3, -0.25) is 10.3 Å². The number of nitrogens with two attached hydrogens (primary N) is 1. The molecule has 2 heterocycles. The molecule has 2 aromatic rings. The van der Waals surface area contributed by atoms with Gasteiger partial charge in [-0.25, -0.2) is 9.97 Å². The fourth-order valence-electron chi connectivity index (χ4n) is 2.85. The molecule has 1 aromatic heterocycles. The van der Waals surface area contributed by atoms with Crippen LogP contribution in [0.25, 0.3) is 10.9 Å². The minimum Gasteiger partial charge on any atom is -0.493 e. The molecule has 128 valence electrons. The Hall–Kier alpha value is -2.61. The maximum Gasteiger partial charge on any atom is 0.191 e. The minimum absolute atomic E-state index is 0.181. The van der Waals surface area contributed by atoms with Crippen molar-refractivity contribution in [2.75, 3.05) is 38.7 Å². The van der Waals surface area contributed by atoms with E-state index in [1.54, 1.807) is 13.2 Å². The van der Waals surface area contributed by atoms with E-state index >= 15 is 0 Å². The molecule has 0 spiro atoms. The summed E-state index contributed by atoms with van der Waals surface area (Å²) in [7, 11) is 1.59. The second kappa shape index (κ2) is 7.31. The summed E-state index contributed by atoms with van der Waals surface area (Å²) in [5.41, 5.74) is 6.09. The van der Waals surface area contributed by atoms with Gasteiger partial charge in [0.15, 0.2) is 17.5 Å². The highest BCUT2D eigenvalue weighted by atomic mass is 16.5. The van der Waals surface area contributed by atoms with Crippen molar-refractivity contribution in [3.8, 4) is 11.5 Å². The van der Waals surface area contributed by atoms with E-state index in [1.807, 2.05) is 6.07 Å². The van der Waals surface area contributed by atoms with Gasteiger partial charge in [-0.05, 0) is 32.0 Å². The summed E-state index contributed by atoms with van der Waals surface area (Å²) >= 11 is 0. The van der Waals surface area contributed by atoms with Gasteiger partial charge in [0.1, 0.15) is 18.8 Å². The number of rotatable bonds is 6. The van der Waals surface area contributed by atoms with Crippen LogP contribution in [0.3, 0.4) is 0 Å². The Bertz CT molecular complexity index is 730. The predicted octanol–water partition coefficient (Wildman–Crippen LogP) is 1.42. The molecule has 1 saturated heterocycles. The Balaban J connectivity index is 1.81. The first-order valence-corrected chi connectivity index (χ1v) is 7.96. The number of methoxy groups -OCH3 is 1. The van der Waals surface area contributed by atoms with Crippen LogP contribution in [0.5, 0.6) is 11.5 Å². The highest BCUT2D eigenvalue weighted by molar-refractivity contribution is 5.99. The first kappa shape index (κ1) is 16.3. The number of fused-ring (bicyclic) bond motifs is 1. The van der Waals surface area contributed by atoms with E-state index in [2.05, 4.69) is 20.2 Å². The normalized spacial score (nSPS) is 14.7. The van der Waals surface area contributed by atoms with Gasteiger partial charge in [0.25, 0.3) is 0 Å². The van der Waals surface area contributed by atoms with E-state index in [-0.39, 0.29) is 5.96 Å². The molecular formula is C16H22N6O2. The summed E-state index contributed by atoms with van der Waals surface area (Å²) < 4.78 is 11.3. The van der Waals surface area contributed by atoms with Crippen LogP contribution < -0.4 is 20.5 Å². The van der Waals surface area contributed by atoms with Crippen molar-refractivity contribution >= 4 is 22.7 Å². The molecule has 0 radical (unpaired) electrons. The zero-order valence-electron chi connectivity index (χ0n) is 13.7. The lowest BCUT2D eigenvalue weighted by Gasteiger charge is -2.17. The number of anilines is 1. The number of nitrogens with zero attached hydrogens (tertiary/aromatic N) is 3. The lowest BCUT2D eigenvalue weighted by molar-refractivity contribution is 0.230. The molecule has 1 aliphatic rings. The van der Waals surface area contributed by atoms with Crippen molar-refractivity contribution in [1.29, 1.82) is 5.41 Å². The quantitative estimate of drug-likeness (QED) is 0.543. The van der Waals surface area contributed by atoms with Crippen molar-refractivity contribution in [1.82, 2.24) is 14.9 Å². The molecule has 0 atom stereocenters. The van der Waals surface area contributed by atoms with E-state index < -0.39 is 0 Å². The number of hydrogen-bond donors (Lipinski definition) is 3. The van der Waals surface area contributed by atoms with Gasteiger partial charge in [0.05, 0.1) is 12.6 Å². The van der Waals surface area contributed by atoms with Crippen LogP contribution in [-0.4, -0.2) is 54.2 Å². The Kier molecular flexibility index (Phi) is 4.95. The van der Waals surface area contributed by atoms with Gasteiger partial charge in [0, 0.05) is 18.0 Å². The number of aromatic nitrogens is 2. The maximum absolute atomic E-state index is 7.37. The molecule has 0 unspecified atom stereocenters. The van der Waals surface area contributed by atoms with Gasteiger partial charge in [-0.1, -0.05) is 0 Å². The highest BCUT2D eigenvalue weighted by Gasteiger charge is 2.14. The third-order valence-electron chi connectivity index (χ3n) is 4.04.